The summed E-state index contributed by atoms with van der Waals surface area (Å²) < 4.78 is 14.7. The zero-order chi connectivity index (χ0) is 23.8. The van der Waals surface area contributed by atoms with Crippen LogP contribution in [0, 0.1) is 12.7 Å². The number of anilines is 1. The number of carbonyl (C=O) groups is 2. The van der Waals surface area contributed by atoms with Gasteiger partial charge in [-0.3, -0.25) is 9.59 Å². The van der Waals surface area contributed by atoms with E-state index in [-0.39, 0.29) is 34.6 Å². The number of nitrogens with zero attached hydrogens (tertiary/aromatic N) is 3. The topological polar surface area (TPSA) is 87.2 Å². The van der Waals surface area contributed by atoms with E-state index in [1.165, 1.54) is 19.2 Å². The smallest absolute Gasteiger partial charge is 0.257 e. The fourth-order valence-corrected chi connectivity index (χ4v) is 3.42. The van der Waals surface area contributed by atoms with Crippen molar-refractivity contribution < 1.29 is 14.0 Å². The van der Waals surface area contributed by atoms with Gasteiger partial charge in [-0.05, 0) is 31.5 Å². The molecule has 0 saturated heterocycles. The highest BCUT2D eigenvalue weighted by Crippen LogP contribution is 2.26. The van der Waals surface area contributed by atoms with Gasteiger partial charge in [0.25, 0.3) is 5.91 Å². The number of benzene rings is 2. The standard InChI is InChI=1S/C25H28FN5O2/c1-4-31(16-19-9-7-8-17(2)14-19)24(33)21-15-29-25(28-13-12-27-18(3)32)30-23(21)20-10-5-6-11-22(20)26/h5-11,14-15H,4,12-13,16H2,1-3H3,(H,27,32)(H,28,29,30). The van der Waals surface area contributed by atoms with E-state index in [1.807, 2.05) is 38.1 Å². The Kier molecular flexibility index (Phi) is 8.07. The van der Waals surface area contributed by atoms with Crippen molar-refractivity contribution in [3.8, 4) is 11.3 Å². The molecule has 1 aromatic heterocycles. The Labute approximate surface area is 193 Å². The molecule has 0 spiro atoms. The minimum absolute atomic E-state index is 0.140. The van der Waals surface area contributed by atoms with E-state index in [0.29, 0.717) is 26.2 Å². The number of rotatable bonds is 9. The van der Waals surface area contributed by atoms with Crippen LogP contribution < -0.4 is 10.6 Å². The monoisotopic (exact) mass is 449 g/mol. The van der Waals surface area contributed by atoms with Gasteiger partial charge in [-0.15, -0.1) is 0 Å². The van der Waals surface area contributed by atoms with Crippen LogP contribution in [0.3, 0.4) is 0 Å². The molecule has 0 aliphatic carbocycles. The molecule has 8 heteroatoms. The largest absolute Gasteiger partial charge is 0.355 e. The van der Waals surface area contributed by atoms with Gasteiger partial charge in [0, 0.05) is 44.9 Å². The van der Waals surface area contributed by atoms with Gasteiger partial charge < -0.3 is 15.5 Å². The van der Waals surface area contributed by atoms with E-state index >= 15 is 0 Å². The van der Waals surface area contributed by atoms with Crippen molar-refractivity contribution in [2.75, 3.05) is 25.0 Å². The lowest BCUT2D eigenvalue weighted by Crippen LogP contribution is -2.31. The van der Waals surface area contributed by atoms with Crippen molar-refractivity contribution in [2.24, 2.45) is 0 Å². The molecule has 2 N–H and O–H groups in total. The highest BCUT2D eigenvalue weighted by Gasteiger charge is 2.23. The second kappa shape index (κ2) is 11.2. The van der Waals surface area contributed by atoms with Crippen molar-refractivity contribution >= 4 is 17.8 Å². The molecule has 0 aliphatic rings. The molecule has 0 aliphatic heterocycles. The Morgan fingerprint density at radius 1 is 1.09 bits per heavy atom. The van der Waals surface area contributed by atoms with E-state index in [0.717, 1.165) is 11.1 Å². The molecular weight excluding hydrogens is 421 g/mol. The molecule has 33 heavy (non-hydrogen) atoms. The molecule has 1 heterocycles. The molecule has 2 amide bonds. The van der Waals surface area contributed by atoms with E-state index in [9.17, 15) is 14.0 Å². The van der Waals surface area contributed by atoms with Crippen LogP contribution in [-0.4, -0.2) is 46.3 Å². The summed E-state index contributed by atoms with van der Waals surface area (Å²) in [5.74, 6) is -0.644. The highest BCUT2D eigenvalue weighted by molar-refractivity contribution is 5.99. The number of carbonyl (C=O) groups excluding carboxylic acids is 2. The lowest BCUT2D eigenvalue weighted by Gasteiger charge is -2.22. The first-order chi connectivity index (χ1) is 15.9. The third kappa shape index (κ3) is 6.35. The predicted octanol–water partition coefficient (Wildman–Crippen LogP) is 3.80. The summed E-state index contributed by atoms with van der Waals surface area (Å²) in [5, 5.41) is 5.67. The SMILES string of the molecule is CCN(Cc1cccc(C)c1)C(=O)c1cnc(NCCNC(C)=O)nc1-c1ccccc1F. The minimum atomic E-state index is -0.476. The molecule has 0 radical (unpaired) electrons. The Hall–Kier alpha value is -3.81. The summed E-state index contributed by atoms with van der Waals surface area (Å²) >= 11 is 0. The van der Waals surface area contributed by atoms with Crippen LogP contribution in [0.4, 0.5) is 10.3 Å². The highest BCUT2D eigenvalue weighted by atomic mass is 19.1. The zero-order valence-electron chi connectivity index (χ0n) is 19.1. The second-order valence-electron chi connectivity index (χ2n) is 7.65. The maximum absolute atomic E-state index is 14.7. The molecular formula is C25H28FN5O2. The van der Waals surface area contributed by atoms with E-state index in [1.54, 1.807) is 23.1 Å². The molecule has 0 unspecified atom stereocenters. The van der Waals surface area contributed by atoms with Gasteiger partial charge in [-0.2, -0.15) is 0 Å². The van der Waals surface area contributed by atoms with Gasteiger partial charge in [0.2, 0.25) is 11.9 Å². The minimum Gasteiger partial charge on any atom is -0.355 e. The van der Waals surface area contributed by atoms with E-state index in [2.05, 4.69) is 20.6 Å². The van der Waals surface area contributed by atoms with Crippen LogP contribution in [0.25, 0.3) is 11.3 Å². The third-order valence-corrected chi connectivity index (χ3v) is 5.06. The summed E-state index contributed by atoms with van der Waals surface area (Å²) in [7, 11) is 0. The summed E-state index contributed by atoms with van der Waals surface area (Å²) in [4.78, 5) is 34.9. The third-order valence-electron chi connectivity index (χ3n) is 5.06. The Bertz CT molecular complexity index is 1140. The first-order valence-electron chi connectivity index (χ1n) is 10.8. The first kappa shape index (κ1) is 23.8. The molecule has 0 saturated carbocycles. The Balaban J connectivity index is 1.92. The number of amides is 2. The van der Waals surface area contributed by atoms with E-state index < -0.39 is 5.82 Å². The average molecular weight is 450 g/mol. The fraction of sp³-hybridized carbons (Fsp3) is 0.280. The van der Waals surface area contributed by atoms with Gasteiger partial charge in [-0.25, -0.2) is 14.4 Å². The molecule has 0 fully saturated rings. The van der Waals surface area contributed by atoms with Gasteiger partial charge in [-0.1, -0.05) is 42.0 Å². The molecule has 0 atom stereocenters. The number of hydrogen-bond acceptors (Lipinski definition) is 5. The molecule has 7 nitrogen and oxygen atoms in total. The van der Waals surface area contributed by atoms with Crippen LogP contribution in [0.15, 0.2) is 54.7 Å². The Morgan fingerprint density at radius 2 is 1.88 bits per heavy atom. The first-order valence-corrected chi connectivity index (χ1v) is 10.8. The normalized spacial score (nSPS) is 10.5. The number of aromatic nitrogens is 2. The molecule has 0 bridgehead atoms. The number of hydrogen-bond donors (Lipinski definition) is 2. The average Bonchev–Trinajstić information content (AvgIpc) is 2.80. The predicted molar refractivity (Wildman–Crippen MR) is 126 cm³/mol. The van der Waals surface area contributed by atoms with Crippen LogP contribution in [0.2, 0.25) is 0 Å². The maximum atomic E-state index is 14.7. The lowest BCUT2D eigenvalue weighted by atomic mass is 10.0. The number of aryl methyl sites for hydroxylation is 1. The lowest BCUT2D eigenvalue weighted by molar-refractivity contribution is -0.118. The number of nitrogens with one attached hydrogen (secondary N) is 2. The molecule has 3 rings (SSSR count). The van der Waals surface area contributed by atoms with Gasteiger partial charge in [0.1, 0.15) is 5.82 Å². The summed E-state index contributed by atoms with van der Waals surface area (Å²) in [6.45, 7) is 7.00. The van der Waals surface area contributed by atoms with Crippen LogP contribution in [-0.2, 0) is 11.3 Å². The van der Waals surface area contributed by atoms with Crippen molar-refractivity contribution in [1.82, 2.24) is 20.2 Å². The van der Waals surface area contributed by atoms with E-state index in [4.69, 9.17) is 0 Å². The summed E-state index contributed by atoms with van der Waals surface area (Å²) in [5.41, 5.74) is 2.79. The number of halogens is 1. The second-order valence-corrected chi connectivity index (χ2v) is 7.65. The quantitative estimate of drug-likeness (QED) is 0.485. The molecule has 2 aromatic carbocycles. The van der Waals surface area contributed by atoms with Crippen molar-refractivity contribution in [3.05, 3.63) is 77.2 Å². The van der Waals surface area contributed by atoms with Crippen molar-refractivity contribution in [1.29, 1.82) is 0 Å². The summed E-state index contributed by atoms with van der Waals surface area (Å²) in [6, 6.07) is 14.2. The van der Waals surface area contributed by atoms with Crippen LogP contribution in [0.5, 0.6) is 0 Å². The Morgan fingerprint density at radius 3 is 2.58 bits per heavy atom. The molecule has 3 aromatic rings. The maximum Gasteiger partial charge on any atom is 0.257 e. The molecule has 172 valence electrons. The fourth-order valence-electron chi connectivity index (χ4n) is 3.42. The van der Waals surface area contributed by atoms with Gasteiger partial charge in [0.15, 0.2) is 0 Å². The van der Waals surface area contributed by atoms with Gasteiger partial charge in [0.05, 0.1) is 11.3 Å². The van der Waals surface area contributed by atoms with Crippen molar-refractivity contribution in [2.45, 2.75) is 27.3 Å². The van der Waals surface area contributed by atoms with Gasteiger partial charge >= 0.3 is 0 Å². The van der Waals surface area contributed by atoms with Crippen LogP contribution >= 0.6 is 0 Å². The zero-order valence-corrected chi connectivity index (χ0v) is 19.1. The summed E-state index contributed by atoms with van der Waals surface area (Å²) in [6.07, 6.45) is 1.43. The van der Waals surface area contributed by atoms with Crippen LogP contribution in [0.1, 0.15) is 35.3 Å². The van der Waals surface area contributed by atoms with Crippen molar-refractivity contribution in [3.63, 3.8) is 0 Å².